The highest BCUT2D eigenvalue weighted by Crippen LogP contribution is 2.34. The van der Waals surface area contributed by atoms with Gasteiger partial charge in [0.1, 0.15) is 11.5 Å². The van der Waals surface area contributed by atoms with Gasteiger partial charge in [0.25, 0.3) is 0 Å². The molecule has 2 aromatic carbocycles. The molecule has 4 rings (SSSR count). The fourth-order valence-corrected chi connectivity index (χ4v) is 3.32. The average Bonchev–Trinajstić information content (AvgIpc) is 3.00. The van der Waals surface area contributed by atoms with Crippen LogP contribution in [0.15, 0.2) is 60.7 Å². The summed E-state index contributed by atoms with van der Waals surface area (Å²) in [6.07, 6.45) is 0.354. The fraction of sp³-hybridized carbons (Fsp3) is 0.0476. The maximum absolute atomic E-state index is 14.1. The number of nitrogens with zero attached hydrogens (tertiary/aromatic N) is 1. The summed E-state index contributed by atoms with van der Waals surface area (Å²) in [6, 6.07) is 17.5. The van der Waals surface area contributed by atoms with Crippen LogP contribution in [0.5, 0.6) is 0 Å². The minimum atomic E-state index is -1.09. The van der Waals surface area contributed by atoms with Crippen LogP contribution in [0.1, 0.15) is 21.7 Å². The number of hydrogen-bond acceptors (Lipinski definition) is 2. The van der Waals surface area contributed by atoms with Gasteiger partial charge in [-0.1, -0.05) is 48.0 Å². The quantitative estimate of drug-likeness (QED) is 0.504. The van der Waals surface area contributed by atoms with E-state index >= 15 is 0 Å². The van der Waals surface area contributed by atoms with Crippen molar-refractivity contribution in [2.75, 3.05) is 0 Å². The molecule has 0 amide bonds. The molecule has 134 valence electrons. The van der Waals surface area contributed by atoms with E-state index in [9.17, 15) is 14.3 Å². The minimum Gasteiger partial charge on any atom is -0.477 e. The monoisotopic (exact) mass is 380 g/mol. The number of benzene rings is 2. The first-order valence-corrected chi connectivity index (χ1v) is 8.65. The smallest absolute Gasteiger partial charge is 0.354 e. The number of aromatic amines is 1. The Bertz CT molecular complexity index is 1160. The lowest BCUT2D eigenvalue weighted by Gasteiger charge is -2.06. The van der Waals surface area contributed by atoms with Crippen molar-refractivity contribution in [2.45, 2.75) is 6.42 Å². The van der Waals surface area contributed by atoms with Crippen LogP contribution in [-0.2, 0) is 6.42 Å². The summed E-state index contributed by atoms with van der Waals surface area (Å²) in [5.74, 6) is -1.59. The van der Waals surface area contributed by atoms with Gasteiger partial charge in [-0.25, -0.2) is 14.2 Å². The molecule has 0 bridgehead atoms. The largest absolute Gasteiger partial charge is 0.477 e. The molecule has 0 unspecified atom stereocenters. The normalized spacial score (nSPS) is 11.0. The van der Waals surface area contributed by atoms with Gasteiger partial charge in [-0.05, 0) is 35.4 Å². The van der Waals surface area contributed by atoms with Gasteiger partial charge in [0.2, 0.25) is 0 Å². The molecule has 4 aromatic rings. The molecular weight excluding hydrogens is 367 g/mol. The predicted molar refractivity (Wildman–Crippen MR) is 103 cm³/mol. The molecule has 0 aliphatic carbocycles. The Labute approximate surface area is 159 Å². The van der Waals surface area contributed by atoms with Gasteiger partial charge >= 0.3 is 5.97 Å². The zero-order chi connectivity index (χ0) is 19.0. The van der Waals surface area contributed by atoms with E-state index in [-0.39, 0.29) is 10.7 Å². The Morgan fingerprint density at radius 1 is 1.11 bits per heavy atom. The van der Waals surface area contributed by atoms with Gasteiger partial charge in [-0.3, -0.25) is 0 Å². The number of hydrogen-bond donors (Lipinski definition) is 2. The van der Waals surface area contributed by atoms with Crippen molar-refractivity contribution in [1.29, 1.82) is 0 Å². The first-order chi connectivity index (χ1) is 13.0. The Balaban J connectivity index is 1.90. The van der Waals surface area contributed by atoms with Gasteiger partial charge in [0, 0.05) is 23.0 Å². The third-order valence-corrected chi connectivity index (χ3v) is 4.68. The van der Waals surface area contributed by atoms with Gasteiger partial charge in [-0.15, -0.1) is 0 Å². The lowest BCUT2D eigenvalue weighted by atomic mass is 10.0. The summed E-state index contributed by atoms with van der Waals surface area (Å²) in [5, 5.41) is 9.91. The zero-order valence-electron chi connectivity index (χ0n) is 14.0. The molecule has 0 aliphatic heterocycles. The molecule has 4 nitrogen and oxygen atoms in total. The molecule has 2 N–H and O–H groups in total. The Morgan fingerprint density at radius 2 is 1.89 bits per heavy atom. The number of rotatable bonds is 4. The lowest BCUT2D eigenvalue weighted by Crippen LogP contribution is -2.03. The van der Waals surface area contributed by atoms with E-state index < -0.39 is 11.8 Å². The van der Waals surface area contributed by atoms with Crippen molar-refractivity contribution in [3.8, 4) is 11.3 Å². The summed E-state index contributed by atoms with van der Waals surface area (Å²) in [4.78, 5) is 18.7. The van der Waals surface area contributed by atoms with E-state index in [4.69, 9.17) is 11.6 Å². The summed E-state index contributed by atoms with van der Waals surface area (Å²) in [6.45, 7) is 0. The van der Waals surface area contributed by atoms with Crippen LogP contribution in [0.3, 0.4) is 0 Å². The van der Waals surface area contributed by atoms with Crippen LogP contribution in [0.2, 0.25) is 5.02 Å². The number of halogens is 2. The molecule has 0 aliphatic rings. The van der Waals surface area contributed by atoms with Gasteiger partial charge in [0.05, 0.1) is 10.7 Å². The first kappa shape index (κ1) is 17.2. The van der Waals surface area contributed by atoms with Crippen LogP contribution < -0.4 is 0 Å². The van der Waals surface area contributed by atoms with Crippen molar-refractivity contribution < 1.29 is 14.3 Å². The first-order valence-electron chi connectivity index (χ1n) is 8.27. The van der Waals surface area contributed by atoms with E-state index in [0.717, 1.165) is 16.8 Å². The Hall–Kier alpha value is -3.18. The molecular formula is C21H14ClFN2O2. The molecule has 2 aromatic heterocycles. The number of aromatic nitrogens is 2. The van der Waals surface area contributed by atoms with E-state index in [0.29, 0.717) is 23.0 Å². The third-order valence-electron chi connectivity index (χ3n) is 4.39. The molecule has 27 heavy (non-hydrogen) atoms. The number of fused-ring (bicyclic) bond motifs is 1. The summed E-state index contributed by atoms with van der Waals surface area (Å²) >= 11 is 5.94. The van der Waals surface area contributed by atoms with E-state index in [2.05, 4.69) is 9.97 Å². The average molecular weight is 381 g/mol. The SMILES string of the molecule is O=C(O)c1cccc(Cc2c(-c3ccccc3)[nH]c3cc(Cl)c(F)cc23)n1. The third kappa shape index (κ3) is 3.29. The fourth-order valence-electron chi connectivity index (χ4n) is 3.16. The Kier molecular flexibility index (Phi) is 4.38. The second kappa shape index (κ2) is 6.85. The topological polar surface area (TPSA) is 66.0 Å². The number of carboxylic acids is 1. The summed E-state index contributed by atoms with van der Waals surface area (Å²) in [5.41, 5.74) is 3.88. The van der Waals surface area contributed by atoms with Crippen LogP contribution >= 0.6 is 11.6 Å². The Morgan fingerprint density at radius 3 is 2.63 bits per heavy atom. The van der Waals surface area contributed by atoms with Crippen molar-refractivity contribution in [2.24, 2.45) is 0 Å². The van der Waals surface area contributed by atoms with Crippen LogP contribution in [0.4, 0.5) is 4.39 Å². The van der Waals surface area contributed by atoms with Crippen molar-refractivity contribution in [1.82, 2.24) is 9.97 Å². The zero-order valence-corrected chi connectivity index (χ0v) is 14.8. The van der Waals surface area contributed by atoms with Crippen LogP contribution in [0, 0.1) is 5.82 Å². The second-order valence-corrected chi connectivity index (χ2v) is 6.56. The lowest BCUT2D eigenvalue weighted by molar-refractivity contribution is 0.0690. The predicted octanol–water partition coefficient (Wildman–Crippen LogP) is 5.31. The standard InChI is InChI=1S/C21H14ClFN2O2/c22-16-11-19-14(10-17(16)23)15(20(25-19)12-5-2-1-3-6-12)9-13-7-4-8-18(24-13)21(26)27/h1-8,10-11,25H,9H2,(H,26,27). The second-order valence-electron chi connectivity index (χ2n) is 6.15. The van der Waals surface area contributed by atoms with E-state index in [1.807, 2.05) is 30.3 Å². The number of pyridine rings is 1. The maximum atomic E-state index is 14.1. The number of nitrogens with one attached hydrogen (secondary N) is 1. The van der Waals surface area contributed by atoms with E-state index in [1.54, 1.807) is 18.2 Å². The molecule has 0 atom stereocenters. The minimum absolute atomic E-state index is 0.0252. The molecule has 0 fully saturated rings. The van der Waals surface area contributed by atoms with Crippen molar-refractivity contribution in [3.63, 3.8) is 0 Å². The molecule has 2 heterocycles. The molecule has 0 radical (unpaired) electrons. The summed E-state index contributed by atoms with van der Waals surface area (Å²) in [7, 11) is 0. The van der Waals surface area contributed by atoms with Crippen LogP contribution in [-0.4, -0.2) is 21.0 Å². The highest BCUT2D eigenvalue weighted by molar-refractivity contribution is 6.31. The summed E-state index contributed by atoms with van der Waals surface area (Å²) < 4.78 is 14.1. The van der Waals surface area contributed by atoms with Gasteiger partial charge in [0.15, 0.2) is 0 Å². The van der Waals surface area contributed by atoms with Crippen molar-refractivity contribution in [3.05, 3.63) is 88.5 Å². The molecule has 0 spiro atoms. The number of aromatic carboxylic acids is 1. The highest BCUT2D eigenvalue weighted by atomic mass is 35.5. The maximum Gasteiger partial charge on any atom is 0.354 e. The molecule has 0 saturated heterocycles. The highest BCUT2D eigenvalue weighted by Gasteiger charge is 2.17. The molecule has 0 saturated carbocycles. The van der Waals surface area contributed by atoms with Gasteiger partial charge < -0.3 is 10.1 Å². The number of carbonyl (C=O) groups is 1. The number of H-pyrrole nitrogens is 1. The van der Waals surface area contributed by atoms with Crippen LogP contribution in [0.25, 0.3) is 22.2 Å². The molecule has 6 heteroatoms. The van der Waals surface area contributed by atoms with Crippen molar-refractivity contribution >= 4 is 28.5 Å². The van der Waals surface area contributed by atoms with E-state index in [1.165, 1.54) is 12.1 Å². The van der Waals surface area contributed by atoms with Gasteiger partial charge in [-0.2, -0.15) is 0 Å². The number of carboxylic acid groups (broad SMARTS) is 1.